The molecule has 0 saturated carbocycles. The number of piperidine rings is 4. The first-order valence-electron chi connectivity index (χ1n) is 16.9. The van der Waals surface area contributed by atoms with Gasteiger partial charge in [-0.05, 0) is 116 Å². The Morgan fingerprint density at radius 2 is 1.44 bits per heavy atom. The number of esters is 1. The van der Waals surface area contributed by atoms with Gasteiger partial charge in [-0.15, -0.1) is 0 Å². The van der Waals surface area contributed by atoms with Gasteiger partial charge in [-0.3, -0.25) is 19.4 Å². The number of ether oxygens (including phenoxy) is 2. The Labute approximate surface area is 260 Å². The summed E-state index contributed by atoms with van der Waals surface area (Å²) in [5, 5.41) is 12.3. The molecule has 1 amide bonds. The van der Waals surface area contributed by atoms with Crippen LogP contribution in [-0.2, 0) is 19.1 Å². The van der Waals surface area contributed by atoms with E-state index in [-0.39, 0.29) is 12.1 Å². The SMILES string of the molecule is CC1CNCCC1N1CCC[C@@H](CC(=O)O)C1.CCOC(=O)C[C@@H]1CCCN(C2CCN(C(=O)OC(C)(C)C)CC2C)C1. The van der Waals surface area contributed by atoms with E-state index in [9.17, 15) is 14.4 Å². The van der Waals surface area contributed by atoms with E-state index in [4.69, 9.17) is 14.6 Å². The largest absolute Gasteiger partial charge is 0.481 e. The number of rotatable bonds is 7. The van der Waals surface area contributed by atoms with E-state index >= 15 is 0 Å². The van der Waals surface area contributed by atoms with Gasteiger partial charge in [-0.2, -0.15) is 0 Å². The molecule has 10 nitrogen and oxygen atoms in total. The standard InChI is InChI=1S/C20H36N2O4.C13H24N2O2/c1-6-25-18(23)12-16-8-7-10-21(14-16)17-9-11-22(13-15(17)2)19(24)26-20(3,4)5;1-10-8-14-5-4-12(10)15-6-2-3-11(9-15)7-13(16)17/h15-17H,6-14H2,1-5H3;10-12,14H,2-9H2,1H3,(H,16,17)/t15?,16-,17?;10?,11-,12?/m00/s1. The second-order valence-corrected chi connectivity index (χ2v) is 14.4. The van der Waals surface area contributed by atoms with Gasteiger partial charge in [0, 0.05) is 51.1 Å². The summed E-state index contributed by atoms with van der Waals surface area (Å²) in [5.74, 6) is 1.12. The fourth-order valence-corrected chi connectivity index (χ4v) is 7.54. The highest BCUT2D eigenvalue weighted by molar-refractivity contribution is 5.69. The Morgan fingerprint density at radius 3 is 1.98 bits per heavy atom. The maximum atomic E-state index is 12.3. The van der Waals surface area contributed by atoms with E-state index in [1.54, 1.807) is 0 Å². The fraction of sp³-hybridized carbons (Fsp3) is 0.909. The molecule has 248 valence electrons. The lowest BCUT2D eigenvalue weighted by Crippen LogP contribution is -2.54. The van der Waals surface area contributed by atoms with Crippen LogP contribution in [0.3, 0.4) is 0 Å². The minimum absolute atomic E-state index is 0.0767. The molecule has 0 aliphatic carbocycles. The number of carboxylic acid groups (broad SMARTS) is 1. The van der Waals surface area contributed by atoms with Crippen molar-refractivity contribution < 1.29 is 29.0 Å². The lowest BCUT2D eigenvalue weighted by molar-refractivity contribution is -0.145. The Kier molecular flexibility index (Phi) is 14.0. The number of likely N-dealkylation sites (tertiary alicyclic amines) is 3. The molecule has 0 aromatic rings. The zero-order valence-electron chi connectivity index (χ0n) is 27.8. The molecule has 0 spiro atoms. The van der Waals surface area contributed by atoms with Crippen molar-refractivity contribution in [3.8, 4) is 0 Å². The Bertz CT molecular complexity index is 895. The van der Waals surface area contributed by atoms with E-state index in [1.165, 1.54) is 6.42 Å². The molecule has 4 rings (SSSR count). The van der Waals surface area contributed by atoms with Crippen molar-refractivity contribution in [2.45, 2.75) is 111 Å². The molecular weight excluding hydrogens is 548 g/mol. The summed E-state index contributed by atoms with van der Waals surface area (Å²) in [6, 6.07) is 1.13. The van der Waals surface area contributed by atoms with Gasteiger partial charge in [0.15, 0.2) is 0 Å². The second-order valence-electron chi connectivity index (χ2n) is 14.4. The van der Waals surface area contributed by atoms with Crippen molar-refractivity contribution in [2.24, 2.45) is 23.7 Å². The molecule has 0 aromatic carbocycles. The number of carboxylic acids is 1. The smallest absolute Gasteiger partial charge is 0.410 e. The van der Waals surface area contributed by atoms with Crippen molar-refractivity contribution in [1.29, 1.82) is 0 Å². The molecule has 2 N–H and O–H groups in total. The van der Waals surface area contributed by atoms with Gasteiger partial charge >= 0.3 is 18.0 Å². The number of hydrogen-bond donors (Lipinski definition) is 2. The Hall–Kier alpha value is -1.91. The summed E-state index contributed by atoms with van der Waals surface area (Å²) in [5.41, 5.74) is -0.454. The molecule has 4 aliphatic heterocycles. The van der Waals surface area contributed by atoms with E-state index in [2.05, 4.69) is 29.0 Å². The van der Waals surface area contributed by atoms with Crippen LogP contribution in [0.2, 0.25) is 0 Å². The van der Waals surface area contributed by atoms with E-state index in [0.717, 1.165) is 84.5 Å². The zero-order valence-corrected chi connectivity index (χ0v) is 27.8. The maximum absolute atomic E-state index is 12.3. The average Bonchev–Trinajstić information content (AvgIpc) is 2.93. The maximum Gasteiger partial charge on any atom is 0.410 e. The van der Waals surface area contributed by atoms with Crippen LogP contribution < -0.4 is 5.32 Å². The molecule has 4 heterocycles. The molecule has 0 bridgehead atoms. The normalized spacial score (nSPS) is 31.0. The molecular formula is C33H60N4O6. The summed E-state index contributed by atoms with van der Waals surface area (Å²) in [6.07, 6.45) is 7.31. The van der Waals surface area contributed by atoms with Crippen molar-refractivity contribution >= 4 is 18.0 Å². The first-order valence-corrected chi connectivity index (χ1v) is 16.9. The van der Waals surface area contributed by atoms with Crippen LogP contribution in [0.25, 0.3) is 0 Å². The van der Waals surface area contributed by atoms with Gasteiger partial charge in [0.2, 0.25) is 0 Å². The molecule has 4 aliphatic rings. The summed E-state index contributed by atoms with van der Waals surface area (Å²) in [7, 11) is 0. The van der Waals surface area contributed by atoms with Crippen LogP contribution in [0.4, 0.5) is 4.79 Å². The minimum Gasteiger partial charge on any atom is -0.481 e. The molecule has 6 atom stereocenters. The number of nitrogens with one attached hydrogen (secondary N) is 1. The highest BCUT2D eigenvalue weighted by Crippen LogP contribution is 2.29. The Morgan fingerprint density at radius 1 is 0.837 bits per heavy atom. The fourth-order valence-electron chi connectivity index (χ4n) is 7.54. The molecule has 4 unspecified atom stereocenters. The third-order valence-electron chi connectivity index (χ3n) is 9.51. The highest BCUT2D eigenvalue weighted by atomic mass is 16.6. The third-order valence-corrected chi connectivity index (χ3v) is 9.51. The van der Waals surface area contributed by atoms with Gasteiger partial charge in [-0.1, -0.05) is 13.8 Å². The van der Waals surface area contributed by atoms with Crippen LogP contribution >= 0.6 is 0 Å². The van der Waals surface area contributed by atoms with Gasteiger partial charge in [0.05, 0.1) is 6.61 Å². The zero-order chi connectivity index (χ0) is 31.6. The van der Waals surface area contributed by atoms with E-state index in [0.29, 0.717) is 55.2 Å². The number of aliphatic carboxylic acids is 1. The van der Waals surface area contributed by atoms with Gasteiger partial charge in [0.25, 0.3) is 0 Å². The summed E-state index contributed by atoms with van der Waals surface area (Å²) in [4.78, 5) is 41.8. The monoisotopic (exact) mass is 608 g/mol. The molecule has 43 heavy (non-hydrogen) atoms. The molecule has 0 aromatic heterocycles. The number of carbonyl (C=O) groups is 3. The molecule has 4 fully saturated rings. The van der Waals surface area contributed by atoms with Crippen LogP contribution in [0.15, 0.2) is 0 Å². The second kappa shape index (κ2) is 17.0. The summed E-state index contributed by atoms with van der Waals surface area (Å²) >= 11 is 0. The van der Waals surface area contributed by atoms with Gasteiger partial charge in [0.1, 0.15) is 5.60 Å². The number of hydrogen-bond acceptors (Lipinski definition) is 8. The van der Waals surface area contributed by atoms with Crippen molar-refractivity contribution in [3.63, 3.8) is 0 Å². The van der Waals surface area contributed by atoms with E-state index < -0.39 is 11.6 Å². The van der Waals surface area contributed by atoms with Crippen molar-refractivity contribution in [2.75, 3.05) is 59.0 Å². The van der Waals surface area contributed by atoms with Crippen molar-refractivity contribution in [1.82, 2.24) is 20.0 Å². The quantitative estimate of drug-likeness (QED) is 0.405. The average molecular weight is 609 g/mol. The molecule has 10 heteroatoms. The van der Waals surface area contributed by atoms with Gasteiger partial charge < -0.3 is 24.8 Å². The predicted octanol–water partition coefficient (Wildman–Crippen LogP) is 4.47. The number of nitrogens with zero attached hydrogens (tertiary/aromatic N) is 3. The van der Waals surface area contributed by atoms with Crippen LogP contribution in [0.1, 0.15) is 92.9 Å². The summed E-state index contributed by atoms with van der Waals surface area (Å²) in [6.45, 7) is 20.4. The van der Waals surface area contributed by atoms with Crippen LogP contribution in [0, 0.1) is 23.7 Å². The van der Waals surface area contributed by atoms with E-state index in [1.807, 2.05) is 32.6 Å². The van der Waals surface area contributed by atoms with Gasteiger partial charge in [-0.25, -0.2) is 4.79 Å². The lowest BCUT2D eigenvalue weighted by Gasteiger charge is -2.45. The van der Waals surface area contributed by atoms with Crippen LogP contribution in [-0.4, -0.2) is 114 Å². The predicted molar refractivity (Wildman–Crippen MR) is 168 cm³/mol. The summed E-state index contributed by atoms with van der Waals surface area (Å²) < 4.78 is 10.6. The van der Waals surface area contributed by atoms with Crippen molar-refractivity contribution in [3.05, 3.63) is 0 Å². The highest BCUT2D eigenvalue weighted by Gasteiger charge is 2.36. The first kappa shape index (κ1) is 35.6. The topological polar surface area (TPSA) is 112 Å². The first-order chi connectivity index (χ1) is 20.4. The number of amides is 1. The molecule has 0 radical (unpaired) electrons. The third kappa shape index (κ3) is 11.8. The minimum atomic E-state index is -0.643. The number of carbonyl (C=O) groups excluding carboxylic acids is 2. The molecule has 4 saturated heterocycles. The lowest BCUT2D eigenvalue weighted by atomic mass is 9.88. The van der Waals surface area contributed by atoms with Crippen LogP contribution in [0.5, 0.6) is 0 Å². The Balaban J connectivity index is 0.000000257.